The van der Waals surface area contributed by atoms with Crippen molar-refractivity contribution in [1.29, 1.82) is 0 Å². The van der Waals surface area contributed by atoms with Crippen molar-refractivity contribution in [2.45, 2.75) is 44.3 Å². The van der Waals surface area contributed by atoms with Crippen LogP contribution in [0.1, 0.15) is 42.9 Å². The molecule has 152 valence electrons. The molecule has 2 aliphatic heterocycles. The molecule has 29 heavy (non-hydrogen) atoms. The summed E-state index contributed by atoms with van der Waals surface area (Å²) in [4.78, 5) is 29.3. The molecule has 2 saturated heterocycles. The van der Waals surface area contributed by atoms with Crippen LogP contribution >= 0.6 is 0 Å². The van der Waals surface area contributed by atoms with Gasteiger partial charge in [-0.1, -0.05) is 60.7 Å². The van der Waals surface area contributed by atoms with Crippen LogP contribution in [0.15, 0.2) is 60.7 Å². The highest BCUT2D eigenvalue weighted by Gasteiger charge is 2.44. The number of nitrogens with zero attached hydrogens (tertiary/aromatic N) is 2. The Bertz CT molecular complexity index is 832. The van der Waals surface area contributed by atoms with Gasteiger partial charge in [0.25, 0.3) is 0 Å². The summed E-state index contributed by atoms with van der Waals surface area (Å²) in [7, 11) is 0. The number of carboxylic acids is 1. The van der Waals surface area contributed by atoms with Gasteiger partial charge in [-0.25, -0.2) is 0 Å². The summed E-state index contributed by atoms with van der Waals surface area (Å²) in [6.45, 7) is 2.76. The number of rotatable bonds is 5. The molecule has 0 bridgehead atoms. The molecule has 5 heteroatoms. The molecule has 1 N–H and O–H groups in total. The number of likely N-dealkylation sites (tertiary alicyclic amines) is 2. The zero-order valence-electron chi connectivity index (χ0n) is 16.6. The third-order valence-electron chi connectivity index (χ3n) is 6.30. The Morgan fingerprint density at radius 2 is 1.55 bits per heavy atom. The van der Waals surface area contributed by atoms with E-state index in [1.807, 2.05) is 41.3 Å². The maximum atomic E-state index is 12.9. The van der Waals surface area contributed by atoms with Crippen LogP contribution in [0.3, 0.4) is 0 Å². The van der Waals surface area contributed by atoms with Crippen LogP contribution in [0, 0.1) is 5.92 Å². The minimum absolute atomic E-state index is 0.0952. The third kappa shape index (κ3) is 4.35. The summed E-state index contributed by atoms with van der Waals surface area (Å²) in [5.41, 5.74) is 2.23. The van der Waals surface area contributed by atoms with Crippen molar-refractivity contribution in [1.82, 2.24) is 9.80 Å². The summed E-state index contributed by atoms with van der Waals surface area (Å²) in [5.74, 6) is -1.26. The van der Waals surface area contributed by atoms with Gasteiger partial charge in [0.15, 0.2) is 0 Å². The highest BCUT2D eigenvalue weighted by atomic mass is 16.4. The number of hydrogen-bond acceptors (Lipinski definition) is 3. The molecule has 0 saturated carbocycles. The van der Waals surface area contributed by atoms with Gasteiger partial charge >= 0.3 is 5.97 Å². The van der Waals surface area contributed by atoms with Crippen molar-refractivity contribution in [3.63, 3.8) is 0 Å². The Morgan fingerprint density at radius 1 is 0.931 bits per heavy atom. The van der Waals surface area contributed by atoms with Gasteiger partial charge in [0.1, 0.15) is 0 Å². The van der Waals surface area contributed by atoms with Crippen LogP contribution in [0.2, 0.25) is 0 Å². The first-order valence-electron chi connectivity index (χ1n) is 10.5. The van der Waals surface area contributed by atoms with Gasteiger partial charge < -0.3 is 10.0 Å². The van der Waals surface area contributed by atoms with Crippen LogP contribution < -0.4 is 0 Å². The lowest BCUT2D eigenvalue weighted by atomic mass is 9.82. The first-order chi connectivity index (χ1) is 14.1. The molecule has 2 heterocycles. The van der Waals surface area contributed by atoms with Gasteiger partial charge in [0, 0.05) is 32.1 Å². The fourth-order valence-corrected chi connectivity index (χ4v) is 4.84. The quantitative estimate of drug-likeness (QED) is 0.843. The molecule has 0 unspecified atom stereocenters. The van der Waals surface area contributed by atoms with E-state index in [4.69, 9.17) is 0 Å². The lowest BCUT2D eigenvalue weighted by Crippen LogP contribution is -2.53. The maximum absolute atomic E-state index is 12.9. The second-order valence-electron chi connectivity index (χ2n) is 8.13. The summed E-state index contributed by atoms with van der Waals surface area (Å²) < 4.78 is 0. The van der Waals surface area contributed by atoms with Gasteiger partial charge in [0.2, 0.25) is 5.91 Å². The monoisotopic (exact) mass is 392 g/mol. The average molecular weight is 392 g/mol. The van der Waals surface area contributed by atoms with E-state index >= 15 is 0 Å². The van der Waals surface area contributed by atoms with Crippen molar-refractivity contribution in [3.8, 4) is 0 Å². The van der Waals surface area contributed by atoms with E-state index in [1.165, 1.54) is 5.56 Å². The van der Waals surface area contributed by atoms with E-state index in [9.17, 15) is 14.7 Å². The molecule has 2 aromatic rings. The predicted molar refractivity (Wildman–Crippen MR) is 111 cm³/mol. The molecule has 0 aliphatic carbocycles. The highest BCUT2D eigenvalue weighted by Crippen LogP contribution is 2.40. The number of carboxylic acid groups (broad SMARTS) is 1. The minimum atomic E-state index is -0.808. The van der Waals surface area contributed by atoms with Gasteiger partial charge in [-0.15, -0.1) is 0 Å². The number of hydrogen-bond donors (Lipinski definition) is 1. The topological polar surface area (TPSA) is 60.9 Å². The van der Waals surface area contributed by atoms with E-state index in [0.29, 0.717) is 12.8 Å². The molecule has 0 aromatic heterocycles. The number of benzene rings is 2. The van der Waals surface area contributed by atoms with Crippen molar-refractivity contribution in [3.05, 3.63) is 71.8 Å². The molecular formula is C24H28N2O3. The molecule has 2 fully saturated rings. The molecule has 1 amide bonds. The van der Waals surface area contributed by atoms with E-state index < -0.39 is 11.9 Å². The van der Waals surface area contributed by atoms with E-state index in [0.717, 1.165) is 38.0 Å². The second kappa shape index (κ2) is 8.78. The molecule has 2 atom stereocenters. The highest BCUT2D eigenvalue weighted by molar-refractivity contribution is 5.82. The minimum Gasteiger partial charge on any atom is -0.481 e. The fraction of sp³-hybridized carbons (Fsp3) is 0.417. The Balaban J connectivity index is 1.51. The number of amides is 1. The number of aliphatic carboxylic acids is 1. The standard InChI is InChI=1S/C24H28N2O3/c27-22-12-11-21(24(28)29)23(19-9-5-2-6-10-19)26(22)20-13-15-25(16-14-20)17-18-7-3-1-4-8-18/h1-10,20-21,23H,11-17H2,(H,28,29)/t21-,23+/m0/s1. The zero-order valence-corrected chi connectivity index (χ0v) is 16.6. The van der Waals surface area contributed by atoms with Crippen molar-refractivity contribution >= 4 is 11.9 Å². The molecule has 5 nitrogen and oxygen atoms in total. The van der Waals surface area contributed by atoms with Crippen molar-refractivity contribution in [2.75, 3.05) is 13.1 Å². The lowest BCUT2D eigenvalue weighted by molar-refractivity contribution is -0.155. The van der Waals surface area contributed by atoms with Gasteiger partial charge in [0.05, 0.1) is 12.0 Å². The van der Waals surface area contributed by atoms with Crippen LogP contribution in [-0.2, 0) is 16.1 Å². The average Bonchev–Trinajstić information content (AvgIpc) is 2.75. The van der Waals surface area contributed by atoms with Gasteiger partial charge in [-0.05, 0) is 30.4 Å². The fourth-order valence-electron chi connectivity index (χ4n) is 4.84. The molecule has 2 aliphatic rings. The van der Waals surface area contributed by atoms with Crippen LogP contribution in [0.4, 0.5) is 0 Å². The first-order valence-corrected chi connectivity index (χ1v) is 10.5. The first kappa shape index (κ1) is 19.6. The van der Waals surface area contributed by atoms with Crippen molar-refractivity contribution in [2.24, 2.45) is 5.92 Å². The van der Waals surface area contributed by atoms with E-state index in [1.54, 1.807) is 0 Å². The molecule has 4 rings (SSSR count). The zero-order chi connectivity index (χ0) is 20.2. The number of carbonyl (C=O) groups excluding carboxylic acids is 1. The molecule has 0 spiro atoms. The van der Waals surface area contributed by atoms with E-state index in [2.05, 4.69) is 29.2 Å². The lowest BCUT2D eigenvalue weighted by Gasteiger charge is -2.47. The number of carbonyl (C=O) groups is 2. The SMILES string of the molecule is O=C(O)[C@H]1CCC(=O)N(C2CCN(Cc3ccccc3)CC2)[C@@H]1c1ccccc1. The Kier molecular flexibility index (Phi) is 5.95. The van der Waals surface area contributed by atoms with Gasteiger partial charge in [-0.2, -0.15) is 0 Å². The molecule has 2 aromatic carbocycles. The summed E-state index contributed by atoms with van der Waals surface area (Å²) in [5, 5.41) is 9.83. The smallest absolute Gasteiger partial charge is 0.308 e. The van der Waals surface area contributed by atoms with Gasteiger partial charge in [-0.3, -0.25) is 14.5 Å². The Labute approximate surface area is 171 Å². The summed E-state index contributed by atoms with van der Waals surface area (Å²) >= 11 is 0. The summed E-state index contributed by atoms with van der Waals surface area (Å²) in [6, 6.07) is 19.8. The third-order valence-corrected chi connectivity index (χ3v) is 6.30. The largest absolute Gasteiger partial charge is 0.481 e. The Morgan fingerprint density at radius 3 is 2.17 bits per heavy atom. The predicted octanol–water partition coefficient (Wildman–Crippen LogP) is 3.72. The van der Waals surface area contributed by atoms with Crippen molar-refractivity contribution < 1.29 is 14.7 Å². The normalized spacial score (nSPS) is 23.9. The number of piperidine rings is 2. The van der Waals surface area contributed by atoms with E-state index in [-0.39, 0.29) is 18.0 Å². The second-order valence-corrected chi connectivity index (χ2v) is 8.13. The van der Waals surface area contributed by atoms with Crippen LogP contribution in [-0.4, -0.2) is 45.9 Å². The Hall–Kier alpha value is -2.66. The summed E-state index contributed by atoms with van der Waals surface area (Å²) in [6.07, 6.45) is 2.50. The maximum Gasteiger partial charge on any atom is 0.308 e. The van der Waals surface area contributed by atoms with Crippen LogP contribution in [0.5, 0.6) is 0 Å². The van der Waals surface area contributed by atoms with Crippen LogP contribution in [0.25, 0.3) is 0 Å². The molecular weight excluding hydrogens is 364 g/mol. The molecule has 0 radical (unpaired) electrons.